The smallest absolute Gasteiger partial charge is 0.314 e. The van der Waals surface area contributed by atoms with Crippen molar-refractivity contribution >= 4 is 34.9 Å². The minimum atomic E-state index is -0.432. The van der Waals surface area contributed by atoms with Crippen molar-refractivity contribution in [3.63, 3.8) is 0 Å². The summed E-state index contributed by atoms with van der Waals surface area (Å²) in [7, 11) is 0. The molecule has 1 saturated heterocycles. The van der Waals surface area contributed by atoms with Crippen LogP contribution in [0.2, 0.25) is 10.2 Å². The van der Waals surface area contributed by atoms with E-state index >= 15 is 0 Å². The van der Waals surface area contributed by atoms with Gasteiger partial charge < -0.3 is 10.2 Å². The van der Waals surface area contributed by atoms with Gasteiger partial charge >= 0.3 is 6.03 Å². The molecule has 2 aliphatic rings. The van der Waals surface area contributed by atoms with Crippen LogP contribution in [-0.4, -0.2) is 26.9 Å². The lowest BCUT2D eigenvalue weighted by Gasteiger charge is -2.36. The lowest BCUT2D eigenvalue weighted by atomic mass is 9.95. The molecule has 4 heterocycles. The number of amides is 2. The Kier molecular flexibility index (Phi) is 3.81. The van der Waals surface area contributed by atoms with Crippen molar-refractivity contribution in [2.45, 2.75) is 31.3 Å². The van der Waals surface area contributed by atoms with Crippen LogP contribution >= 0.6 is 23.2 Å². The molecule has 2 amide bonds. The fourth-order valence-corrected chi connectivity index (χ4v) is 3.87. The molecular formula is C16H13Cl2FN4O. The number of halogens is 3. The van der Waals surface area contributed by atoms with E-state index in [1.54, 1.807) is 17.0 Å². The minimum absolute atomic E-state index is 0.0306. The molecule has 0 aliphatic carbocycles. The van der Waals surface area contributed by atoms with E-state index in [2.05, 4.69) is 15.3 Å². The topological polar surface area (TPSA) is 58.1 Å². The van der Waals surface area contributed by atoms with Crippen LogP contribution in [0.3, 0.4) is 0 Å². The van der Waals surface area contributed by atoms with Crippen LogP contribution in [0.5, 0.6) is 0 Å². The third kappa shape index (κ3) is 2.50. The molecule has 8 heteroatoms. The van der Waals surface area contributed by atoms with Crippen LogP contribution in [0.1, 0.15) is 30.0 Å². The standard InChI is InChI=1S/C16H13Cl2FN4O/c17-12-5-8(7-21-14(12)18)22-16(24)23-9-1-2-13(23)10-3-4-20-15(19)11(10)6-9/h3-5,7,9,13H,1-2,6H2,(H,22,24)/t9-,13+/m0/s1. The van der Waals surface area contributed by atoms with Crippen molar-refractivity contribution < 1.29 is 9.18 Å². The molecule has 0 saturated carbocycles. The summed E-state index contributed by atoms with van der Waals surface area (Å²) in [6.07, 6.45) is 5.04. The van der Waals surface area contributed by atoms with Gasteiger partial charge in [-0.25, -0.2) is 14.8 Å². The first-order valence-electron chi connectivity index (χ1n) is 7.58. The molecular weight excluding hydrogens is 354 g/mol. The molecule has 0 spiro atoms. The SMILES string of the molecule is O=C(Nc1cnc(Cl)c(Cl)c1)N1[C@H]2CC[C@@H]1c1ccnc(F)c1C2. The van der Waals surface area contributed by atoms with Crippen molar-refractivity contribution in [3.05, 3.63) is 51.8 Å². The quantitative estimate of drug-likeness (QED) is 0.768. The molecule has 2 aromatic heterocycles. The highest BCUT2D eigenvalue weighted by molar-refractivity contribution is 6.41. The first kappa shape index (κ1) is 15.6. The summed E-state index contributed by atoms with van der Waals surface area (Å²) in [6, 6.07) is 2.94. The van der Waals surface area contributed by atoms with Gasteiger partial charge in [0.1, 0.15) is 5.15 Å². The second-order valence-corrected chi connectivity index (χ2v) is 6.72. The predicted octanol–water partition coefficient (Wildman–Crippen LogP) is 4.22. The fourth-order valence-electron chi connectivity index (χ4n) is 3.60. The van der Waals surface area contributed by atoms with Crippen LogP contribution in [0, 0.1) is 5.95 Å². The third-order valence-electron chi connectivity index (χ3n) is 4.62. The molecule has 124 valence electrons. The van der Waals surface area contributed by atoms with Gasteiger partial charge in [0.2, 0.25) is 5.95 Å². The number of hydrogen-bond donors (Lipinski definition) is 1. The molecule has 2 bridgehead atoms. The van der Waals surface area contributed by atoms with Gasteiger partial charge in [-0.05, 0) is 37.0 Å². The zero-order valence-corrected chi connectivity index (χ0v) is 14.0. The third-order valence-corrected chi connectivity index (χ3v) is 5.31. The lowest BCUT2D eigenvalue weighted by Crippen LogP contribution is -2.44. The molecule has 0 aromatic carbocycles. The molecule has 5 nitrogen and oxygen atoms in total. The zero-order chi connectivity index (χ0) is 16.8. The second-order valence-electron chi connectivity index (χ2n) is 5.95. The average Bonchev–Trinajstić information content (AvgIpc) is 2.87. The Hall–Kier alpha value is -1.92. The summed E-state index contributed by atoms with van der Waals surface area (Å²) >= 11 is 11.7. The Morgan fingerprint density at radius 1 is 1.33 bits per heavy atom. The summed E-state index contributed by atoms with van der Waals surface area (Å²) < 4.78 is 13.9. The molecule has 2 aromatic rings. The zero-order valence-electron chi connectivity index (χ0n) is 12.5. The van der Waals surface area contributed by atoms with Crippen LogP contribution < -0.4 is 5.32 Å². The van der Waals surface area contributed by atoms with Gasteiger partial charge in [-0.3, -0.25) is 0 Å². The van der Waals surface area contributed by atoms with Gasteiger partial charge in [-0.1, -0.05) is 23.2 Å². The van der Waals surface area contributed by atoms with E-state index in [9.17, 15) is 9.18 Å². The average molecular weight is 367 g/mol. The van der Waals surface area contributed by atoms with E-state index in [4.69, 9.17) is 23.2 Å². The second kappa shape index (κ2) is 5.86. The highest BCUT2D eigenvalue weighted by Crippen LogP contribution is 2.44. The molecule has 24 heavy (non-hydrogen) atoms. The Bertz CT molecular complexity index is 832. The summed E-state index contributed by atoms with van der Waals surface area (Å²) in [5.41, 5.74) is 1.95. The van der Waals surface area contributed by atoms with Gasteiger partial charge in [0, 0.05) is 17.8 Å². The Morgan fingerprint density at radius 2 is 2.17 bits per heavy atom. The number of fused-ring (bicyclic) bond motifs is 4. The van der Waals surface area contributed by atoms with Crippen molar-refractivity contribution in [1.29, 1.82) is 0 Å². The molecule has 0 unspecified atom stereocenters. The van der Waals surface area contributed by atoms with Crippen LogP contribution in [-0.2, 0) is 6.42 Å². The fraction of sp³-hybridized carbons (Fsp3) is 0.312. The number of nitrogens with zero attached hydrogens (tertiary/aromatic N) is 3. The maximum absolute atomic E-state index is 13.9. The lowest BCUT2D eigenvalue weighted by molar-refractivity contribution is 0.178. The van der Waals surface area contributed by atoms with Gasteiger partial charge in [-0.15, -0.1) is 0 Å². The monoisotopic (exact) mass is 366 g/mol. The van der Waals surface area contributed by atoms with E-state index in [1.807, 2.05) is 0 Å². The number of carbonyl (C=O) groups is 1. The Morgan fingerprint density at radius 3 is 2.96 bits per heavy atom. The van der Waals surface area contributed by atoms with E-state index in [0.29, 0.717) is 17.7 Å². The number of hydrogen-bond acceptors (Lipinski definition) is 3. The van der Waals surface area contributed by atoms with Crippen molar-refractivity contribution in [2.24, 2.45) is 0 Å². The van der Waals surface area contributed by atoms with E-state index < -0.39 is 5.95 Å². The highest BCUT2D eigenvalue weighted by atomic mass is 35.5. The van der Waals surface area contributed by atoms with Crippen molar-refractivity contribution in [2.75, 3.05) is 5.32 Å². The van der Waals surface area contributed by atoms with Crippen LogP contribution in [0.25, 0.3) is 0 Å². The van der Waals surface area contributed by atoms with E-state index in [-0.39, 0.29) is 28.3 Å². The number of anilines is 1. The van der Waals surface area contributed by atoms with E-state index in [0.717, 1.165) is 18.4 Å². The Labute approximate surface area is 147 Å². The number of carbonyl (C=O) groups excluding carboxylic acids is 1. The van der Waals surface area contributed by atoms with Gasteiger partial charge in [-0.2, -0.15) is 4.39 Å². The maximum atomic E-state index is 13.9. The van der Waals surface area contributed by atoms with Gasteiger partial charge in [0.05, 0.1) is 22.9 Å². The number of aromatic nitrogens is 2. The first-order valence-corrected chi connectivity index (χ1v) is 8.34. The number of nitrogens with one attached hydrogen (secondary N) is 1. The summed E-state index contributed by atoms with van der Waals surface area (Å²) in [5, 5.41) is 3.26. The van der Waals surface area contributed by atoms with Crippen molar-refractivity contribution in [3.8, 4) is 0 Å². The van der Waals surface area contributed by atoms with E-state index in [1.165, 1.54) is 12.4 Å². The maximum Gasteiger partial charge on any atom is 0.322 e. The molecule has 2 aliphatic heterocycles. The summed E-state index contributed by atoms with van der Waals surface area (Å²) in [4.78, 5) is 22.1. The minimum Gasteiger partial charge on any atom is -0.314 e. The molecule has 1 fully saturated rings. The molecule has 4 rings (SSSR count). The van der Waals surface area contributed by atoms with Crippen LogP contribution in [0.4, 0.5) is 14.9 Å². The van der Waals surface area contributed by atoms with Crippen LogP contribution in [0.15, 0.2) is 24.5 Å². The predicted molar refractivity (Wildman–Crippen MR) is 88.8 cm³/mol. The Balaban J connectivity index is 1.61. The molecule has 2 atom stereocenters. The molecule has 1 N–H and O–H groups in total. The molecule has 0 radical (unpaired) electrons. The van der Waals surface area contributed by atoms with Gasteiger partial charge in [0.25, 0.3) is 0 Å². The number of pyridine rings is 2. The summed E-state index contributed by atoms with van der Waals surface area (Å²) in [6.45, 7) is 0. The largest absolute Gasteiger partial charge is 0.322 e. The van der Waals surface area contributed by atoms with Crippen molar-refractivity contribution in [1.82, 2.24) is 14.9 Å². The normalized spacial score (nSPS) is 21.5. The first-order chi connectivity index (χ1) is 11.5. The highest BCUT2D eigenvalue weighted by Gasteiger charge is 2.43. The number of rotatable bonds is 1. The van der Waals surface area contributed by atoms with Gasteiger partial charge in [0.15, 0.2) is 0 Å². The summed E-state index contributed by atoms with van der Waals surface area (Å²) in [5.74, 6) is -0.432. The number of urea groups is 1.